The Balaban J connectivity index is 1.52. The van der Waals surface area contributed by atoms with Crippen molar-refractivity contribution in [3.8, 4) is 0 Å². The third kappa shape index (κ3) is 3.88. The number of halogens is 1. The third-order valence-corrected chi connectivity index (χ3v) is 5.33. The van der Waals surface area contributed by atoms with Crippen LogP contribution in [-0.2, 0) is 6.54 Å². The van der Waals surface area contributed by atoms with E-state index in [0.717, 1.165) is 37.3 Å². The second-order valence-corrected chi connectivity index (χ2v) is 7.25. The summed E-state index contributed by atoms with van der Waals surface area (Å²) >= 11 is 6.22. The van der Waals surface area contributed by atoms with Gasteiger partial charge in [0.2, 0.25) is 0 Å². The summed E-state index contributed by atoms with van der Waals surface area (Å²) in [6, 6.07) is 11.2. The smallest absolute Gasteiger partial charge is 0.255 e. The number of likely N-dealkylation sites (tertiary alicyclic amines) is 1. The van der Waals surface area contributed by atoms with Gasteiger partial charge in [0.15, 0.2) is 0 Å². The van der Waals surface area contributed by atoms with Crippen LogP contribution in [0.3, 0.4) is 0 Å². The molecule has 0 bridgehead atoms. The van der Waals surface area contributed by atoms with E-state index >= 15 is 0 Å². The number of hydrogen-bond acceptors (Lipinski definition) is 3. The first-order chi connectivity index (χ1) is 13.2. The minimum atomic E-state index is -0.00401. The summed E-state index contributed by atoms with van der Waals surface area (Å²) in [5, 5.41) is 0.503. The SMILES string of the molecule is O=C(c1ccccc1Cl)N1CCCC(c2nccn2Cc2cccnc2)C1. The maximum atomic E-state index is 12.9. The second-order valence-electron chi connectivity index (χ2n) is 6.84. The number of benzene rings is 1. The average molecular weight is 381 g/mol. The molecule has 2 aromatic heterocycles. The molecule has 6 heteroatoms. The zero-order valence-electron chi connectivity index (χ0n) is 15.0. The number of rotatable bonds is 4. The van der Waals surface area contributed by atoms with Gasteiger partial charge in [0, 0.05) is 43.8 Å². The van der Waals surface area contributed by atoms with Gasteiger partial charge in [-0.25, -0.2) is 4.98 Å². The lowest BCUT2D eigenvalue weighted by Gasteiger charge is -2.33. The molecule has 3 aromatic rings. The first-order valence-electron chi connectivity index (χ1n) is 9.16. The van der Waals surface area contributed by atoms with Crippen LogP contribution in [0, 0.1) is 0 Å². The molecule has 1 fully saturated rings. The van der Waals surface area contributed by atoms with Crippen LogP contribution in [0.2, 0.25) is 5.02 Å². The van der Waals surface area contributed by atoms with E-state index in [2.05, 4.69) is 20.6 Å². The Morgan fingerprint density at radius 1 is 1.19 bits per heavy atom. The lowest BCUT2D eigenvalue weighted by Crippen LogP contribution is -2.39. The second kappa shape index (κ2) is 7.92. The number of pyridine rings is 1. The minimum Gasteiger partial charge on any atom is -0.338 e. The van der Waals surface area contributed by atoms with E-state index in [-0.39, 0.29) is 11.8 Å². The fourth-order valence-corrected chi connectivity index (χ4v) is 3.90. The third-order valence-electron chi connectivity index (χ3n) is 5.00. The van der Waals surface area contributed by atoms with Gasteiger partial charge in [-0.1, -0.05) is 29.8 Å². The van der Waals surface area contributed by atoms with Crippen molar-refractivity contribution >= 4 is 17.5 Å². The van der Waals surface area contributed by atoms with Crippen LogP contribution >= 0.6 is 11.6 Å². The zero-order chi connectivity index (χ0) is 18.6. The van der Waals surface area contributed by atoms with Crippen molar-refractivity contribution in [2.45, 2.75) is 25.3 Å². The van der Waals surface area contributed by atoms with Gasteiger partial charge in [0.05, 0.1) is 17.1 Å². The van der Waals surface area contributed by atoms with Gasteiger partial charge in [-0.15, -0.1) is 0 Å². The Labute approximate surface area is 163 Å². The lowest BCUT2D eigenvalue weighted by atomic mass is 9.96. The van der Waals surface area contributed by atoms with E-state index in [0.29, 0.717) is 17.1 Å². The summed E-state index contributed by atoms with van der Waals surface area (Å²) in [6.45, 7) is 2.15. The molecule has 0 saturated carbocycles. The number of imidazole rings is 1. The molecule has 1 saturated heterocycles. The Kier molecular flexibility index (Phi) is 5.21. The van der Waals surface area contributed by atoms with E-state index in [1.807, 2.05) is 41.7 Å². The number of carbonyl (C=O) groups is 1. The van der Waals surface area contributed by atoms with Crippen LogP contribution in [0.15, 0.2) is 61.2 Å². The van der Waals surface area contributed by atoms with Crippen LogP contribution in [0.1, 0.15) is 40.5 Å². The molecule has 4 rings (SSSR count). The molecule has 138 valence electrons. The molecule has 0 N–H and O–H groups in total. The van der Waals surface area contributed by atoms with Gasteiger partial charge in [0.1, 0.15) is 5.82 Å². The predicted octanol–water partition coefficient (Wildman–Crippen LogP) is 4.00. The minimum absolute atomic E-state index is 0.00401. The van der Waals surface area contributed by atoms with E-state index in [1.165, 1.54) is 0 Å². The number of aromatic nitrogens is 3. The van der Waals surface area contributed by atoms with Crippen molar-refractivity contribution in [3.63, 3.8) is 0 Å². The molecule has 1 atom stereocenters. The van der Waals surface area contributed by atoms with Crippen LogP contribution in [0.25, 0.3) is 0 Å². The monoisotopic (exact) mass is 380 g/mol. The first kappa shape index (κ1) is 17.7. The molecule has 1 unspecified atom stereocenters. The highest BCUT2D eigenvalue weighted by atomic mass is 35.5. The quantitative estimate of drug-likeness (QED) is 0.687. The summed E-state index contributed by atoms with van der Waals surface area (Å²) < 4.78 is 2.16. The molecule has 3 heterocycles. The van der Waals surface area contributed by atoms with Crippen molar-refractivity contribution in [1.29, 1.82) is 0 Å². The highest BCUT2D eigenvalue weighted by molar-refractivity contribution is 6.33. The Morgan fingerprint density at radius 3 is 2.89 bits per heavy atom. The normalized spacial score (nSPS) is 17.1. The van der Waals surface area contributed by atoms with Gasteiger partial charge in [-0.3, -0.25) is 9.78 Å². The van der Waals surface area contributed by atoms with Gasteiger partial charge in [-0.05, 0) is 36.6 Å². The summed E-state index contributed by atoms with van der Waals surface area (Å²) in [5.41, 5.74) is 1.70. The summed E-state index contributed by atoms with van der Waals surface area (Å²) in [4.78, 5) is 23.6. The fourth-order valence-electron chi connectivity index (χ4n) is 3.68. The number of carbonyl (C=O) groups excluding carboxylic acids is 1. The van der Waals surface area contributed by atoms with Crippen LogP contribution in [-0.4, -0.2) is 38.4 Å². The number of nitrogens with zero attached hydrogens (tertiary/aromatic N) is 4. The maximum Gasteiger partial charge on any atom is 0.255 e. The molecule has 1 amide bonds. The lowest BCUT2D eigenvalue weighted by molar-refractivity contribution is 0.0703. The zero-order valence-corrected chi connectivity index (χ0v) is 15.7. The van der Waals surface area contributed by atoms with Crippen molar-refractivity contribution in [2.24, 2.45) is 0 Å². The van der Waals surface area contributed by atoms with Gasteiger partial charge in [-0.2, -0.15) is 0 Å². The van der Waals surface area contributed by atoms with Crippen LogP contribution < -0.4 is 0 Å². The van der Waals surface area contributed by atoms with Crippen molar-refractivity contribution in [3.05, 3.63) is 83.2 Å². The molecule has 0 spiro atoms. The molecule has 5 nitrogen and oxygen atoms in total. The topological polar surface area (TPSA) is 51.0 Å². The number of hydrogen-bond donors (Lipinski definition) is 0. The fraction of sp³-hybridized carbons (Fsp3) is 0.286. The standard InChI is InChI=1S/C21H21ClN4O/c22-19-8-2-1-7-18(19)21(27)26-11-4-6-17(15-26)20-24-10-12-25(20)14-16-5-3-9-23-13-16/h1-3,5,7-10,12-13,17H,4,6,11,14-15H2. The highest BCUT2D eigenvalue weighted by Gasteiger charge is 2.28. The van der Waals surface area contributed by atoms with E-state index in [1.54, 1.807) is 18.3 Å². The molecule has 1 aliphatic heterocycles. The molecule has 27 heavy (non-hydrogen) atoms. The van der Waals surface area contributed by atoms with Crippen molar-refractivity contribution in [2.75, 3.05) is 13.1 Å². The molecule has 1 aliphatic rings. The van der Waals surface area contributed by atoms with Gasteiger partial charge < -0.3 is 9.47 Å². The maximum absolute atomic E-state index is 12.9. The van der Waals surface area contributed by atoms with Crippen molar-refractivity contribution < 1.29 is 4.79 Å². The molecule has 1 aromatic carbocycles. The van der Waals surface area contributed by atoms with Crippen molar-refractivity contribution in [1.82, 2.24) is 19.4 Å². The van der Waals surface area contributed by atoms with E-state index in [9.17, 15) is 4.79 Å². The predicted molar refractivity (Wildman–Crippen MR) is 105 cm³/mol. The summed E-state index contributed by atoms with van der Waals surface area (Å²) in [6.07, 6.45) is 9.46. The molecular formula is C21H21ClN4O. The highest BCUT2D eigenvalue weighted by Crippen LogP contribution is 2.28. The largest absolute Gasteiger partial charge is 0.338 e. The molecule has 0 radical (unpaired) electrons. The first-order valence-corrected chi connectivity index (χ1v) is 9.54. The van der Waals surface area contributed by atoms with E-state index in [4.69, 9.17) is 11.6 Å². The molecule has 0 aliphatic carbocycles. The molecular weight excluding hydrogens is 360 g/mol. The van der Waals surface area contributed by atoms with Gasteiger partial charge >= 0.3 is 0 Å². The van der Waals surface area contributed by atoms with E-state index < -0.39 is 0 Å². The summed E-state index contributed by atoms with van der Waals surface area (Å²) in [7, 11) is 0. The van der Waals surface area contributed by atoms with Crippen LogP contribution in [0.4, 0.5) is 0 Å². The average Bonchev–Trinajstić information content (AvgIpc) is 3.17. The Hall–Kier alpha value is -2.66. The van der Waals surface area contributed by atoms with Gasteiger partial charge in [0.25, 0.3) is 5.91 Å². The van der Waals surface area contributed by atoms with Crippen LogP contribution in [0.5, 0.6) is 0 Å². The summed E-state index contributed by atoms with van der Waals surface area (Å²) in [5.74, 6) is 1.24. The Bertz CT molecular complexity index is 925. The number of amides is 1. The Morgan fingerprint density at radius 2 is 2.07 bits per heavy atom. The number of piperidine rings is 1.